The average Bonchev–Trinajstić information content (AvgIpc) is 2.94. The molecular weight excluding hydrogens is 388 g/mol. The van der Waals surface area contributed by atoms with Gasteiger partial charge in [-0.25, -0.2) is 5.01 Å². The second-order valence-electron chi connectivity index (χ2n) is 5.85. The molecule has 0 saturated carbocycles. The first-order valence-electron chi connectivity index (χ1n) is 8.75. The molecule has 0 fully saturated rings. The largest absolute Gasteiger partial charge is 0.496 e. The van der Waals surface area contributed by atoms with Crippen LogP contribution in [0, 0.1) is 0 Å². The highest BCUT2D eigenvalue weighted by Gasteiger charge is 2.31. The van der Waals surface area contributed by atoms with E-state index in [4.69, 9.17) is 21.4 Å². The van der Waals surface area contributed by atoms with Crippen LogP contribution in [0.15, 0.2) is 23.9 Å². The van der Waals surface area contributed by atoms with Gasteiger partial charge in [0.05, 0.1) is 36.5 Å². The molecule has 0 atom stereocenters. The molecule has 1 aromatic rings. The molecule has 1 aliphatic rings. The van der Waals surface area contributed by atoms with Gasteiger partial charge in [0.15, 0.2) is 0 Å². The van der Waals surface area contributed by atoms with Crippen molar-refractivity contribution in [2.75, 3.05) is 38.7 Å². The van der Waals surface area contributed by atoms with Crippen LogP contribution in [0.1, 0.15) is 24.2 Å². The Hall–Kier alpha value is -2.62. The zero-order valence-corrected chi connectivity index (χ0v) is 16.7. The molecule has 152 valence electrons. The summed E-state index contributed by atoms with van der Waals surface area (Å²) >= 11 is 6.28. The molecule has 0 saturated heterocycles. The fourth-order valence-corrected chi connectivity index (χ4v) is 2.85. The van der Waals surface area contributed by atoms with Gasteiger partial charge < -0.3 is 15.2 Å². The van der Waals surface area contributed by atoms with Gasteiger partial charge in [-0.1, -0.05) is 25.4 Å². The van der Waals surface area contributed by atoms with Gasteiger partial charge >= 0.3 is 0 Å². The summed E-state index contributed by atoms with van der Waals surface area (Å²) in [6.45, 7) is 4.66. The molecule has 10 heteroatoms. The molecular formula is C18H23ClN4O5. The van der Waals surface area contributed by atoms with Crippen molar-refractivity contribution in [2.45, 2.75) is 13.8 Å². The molecule has 9 nitrogen and oxygen atoms in total. The molecule has 0 bridgehead atoms. The molecule has 0 spiro atoms. The fourth-order valence-electron chi connectivity index (χ4n) is 2.64. The summed E-state index contributed by atoms with van der Waals surface area (Å²) in [5.41, 5.74) is 3.30. The topological polar surface area (TPSA) is 111 Å². The van der Waals surface area contributed by atoms with Crippen LogP contribution < -0.4 is 15.5 Å². The third-order valence-electron chi connectivity index (χ3n) is 4.16. The van der Waals surface area contributed by atoms with E-state index in [1.54, 1.807) is 5.01 Å². The van der Waals surface area contributed by atoms with Crippen molar-refractivity contribution in [3.05, 3.63) is 34.5 Å². The van der Waals surface area contributed by atoms with Crippen LogP contribution in [0.3, 0.4) is 0 Å². The lowest BCUT2D eigenvalue weighted by Crippen LogP contribution is -2.42. The molecule has 2 rings (SSSR count). The second-order valence-corrected chi connectivity index (χ2v) is 6.25. The number of benzene rings is 1. The van der Waals surface area contributed by atoms with Crippen molar-refractivity contribution >= 4 is 35.0 Å². The smallest absolute Gasteiger partial charge is 0.277 e. The minimum atomic E-state index is -0.572. The quantitative estimate of drug-likeness (QED) is 0.411. The third-order valence-corrected chi connectivity index (χ3v) is 4.47. The fraction of sp³-hybridized carbons (Fsp3) is 0.389. The molecule has 1 heterocycles. The first-order valence-corrected chi connectivity index (χ1v) is 9.12. The SMILES string of the molecule is CCN(CC)NC(=O)c1cc(Cl)c(NC2=CC(=O)N(CCO)C2=O)cc1OC. The zero-order chi connectivity index (χ0) is 20.8. The van der Waals surface area contributed by atoms with Gasteiger partial charge in [-0.3, -0.25) is 24.7 Å². The number of aliphatic hydroxyl groups is 1. The number of hydrogen-bond acceptors (Lipinski definition) is 7. The highest BCUT2D eigenvalue weighted by atomic mass is 35.5. The maximum atomic E-state index is 12.5. The van der Waals surface area contributed by atoms with Crippen LogP contribution >= 0.6 is 11.6 Å². The Morgan fingerprint density at radius 1 is 1.29 bits per heavy atom. The van der Waals surface area contributed by atoms with Crippen molar-refractivity contribution in [2.24, 2.45) is 0 Å². The van der Waals surface area contributed by atoms with Gasteiger partial charge in [0, 0.05) is 25.2 Å². The van der Waals surface area contributed by atoms with Gasteiger partial charge in [0.1, 0.15) is 11.4 Å². The Labute approximate surface area is 167 Å². The number of nitrogens with zero attached hydrogens (tertiary/aromatic N) is 2. The number of β-amino-alcohol motifs (C(OH)–C–C–N with tert-alkyl or cyclic N) is 1. The summed E-state index contributed by atoms with van der Waals surface area (Å²) in [6.07, 6.45) is 1.13. The van der Waals surface area contributed by atoms with E-state index in [0.717, 1.165) is 11.0 Å². The Bertz CT molecular complexity index is 807. The Morgan fingerprint density at radius 3 is 2.54 bits per heavy atom. The zero-order valence-electron chi connectivity index (χ0n) is 15.9. The Morgan fingerprint density at radius 2 is 1.96 bits per heavy atom. The Kier molecular flexibility index (Phi) is 7.38. The van der Waals surface area contributed by atoms with E-state index in [2.05, 4.69) is 10.7 Å². The number of aliphatic hydroxyl groups excluding tert-OH is 1. The molecule has 0 aliphatic carbocycles. The van der Waals surface area contributed by atoms with Gasteiger partial charge in [0.25, 0.3) is 17.7 Å². The molecule has 0 unspecified atom stereocenters. The first-order chi connectivity index (χ1) is 13.4. The van der Waals surface area contributed by atoms with Crippen molar-refractivity contribution in [3.63, 3.8) is 0 Å². The lowest BCUT2D eigenvalue weighted by atomic mass is 10.1. The highest BCUT2D eigenvalue weighted by molar-refractivity contribution is 6.34. The summed E-state index contributed by atoms with van der Waals surface area (Å²) in [5, 5.41) is 13.7. The molecule has 3 N–H and O–H groups in total. The maximum Gasteiger partial charge on any atom is 0.277 e. The number of anilines is 1. The van der Waals surface area contributed by atoms with E-state index >= 15 is 0 Å². The van der Waals surface area contributed by atoms with E-state index in [-0.39, 0.29) is 41.1 Å². The predicted molar refractivity (Wildman–Crippen MR) is 104 cm³/mol. The number of carbonyl (C=O) groups is 3. The second kappa shape index (κ2) is 9.54. The normalized spacial score (nSPS) is 13.8. The van der Waals surface area contributed by atoms with Crippen molar-refractivity contribution in [1.82, 2.24) is 15.3 Å². The number of halogens is 1. The van der Waals surface area contributed by atoms with Crippen LogP contribution in [0.25, 0.3) is 0 Å². The van der Waals surface area contributed by atoms with Crippen molar-refractivity contribution < 1.29 is 24.2 Å². The van der Waals surface area contributed by atoms with Crippen LogP contribution in [-0.2, 0) is 9.59 Å². The predicted octanol–water partition coefficient (Wildman–Crippen LogP) is 0.992. The van der Waals surface area contributed by atoms with E-state index in [9.17, 15) is 14.4 Å². The molecule has 3 amide bonds. The summed E-state index contributed by atoms with van der Waals surface area (Å²) < 4.78 is 5.29. The number of amides is 3. The standard InChI is InChI=1S/C18H23ClN4O5/c1-4-22(5-2)21-17(26)11-8-12(19)13(9-15(11)28-3)20-14-10-16(25)23(6-7-24)18(14)27/h8-10,20,24H,4-7H2,1-3H3,(H,21,26). The lowest BCUT2D eigenvalue weighted by molar-refractivity contribution is -0.137. The highest BCUT2D eigenvalue weighted by Crippen LogP contribution is 2.32. The van der Waals surface area contributed by atoms with Crippen molar-refractivity contribution in [1.29, 1.82) is 0 Å². The average molecular weight is 411 g/mol. The number of nitrogens with one attached hydrogen (secondary N) is 2. The maximum absolute atomic E-state index is 12.5. The summed E-state index contributed by atoms with van der Waals surface area (Å²) in [5.74, 6) is -1.23. The number of imide groups is 1. The van der Waals surface area contributed by atoms with Crippen LogP contribution in [0.4, 0.5) is 5.69 Å². The molecule has 0 aromatic heterocycles. The summed E-state index contributed by atoms with van der Waals surface area (Å²) in [7, 11) is 1.41. The summed E-state index contributed by atoms with van der Waals surface area (Å²) in [4.78, 5) is 37.5. The molecule has 0 radical (unpaired) electrons. The van der Waals surface area contributed by atoms with Gasteiger partial charge in [-0.15, -0.1) is 0 Å². The van der Waals surface area contributed by atoms with Crippen LogP contribution in [-0.4, -0.2) is 66.1 Å². The monoisotopic (exact) mass is 410 g/mol. The van der Waals surface area contributed by atoms with Gasteiger partial charge in [0.2, 0.25) is 0 Å². The van der Waals surface area contributed by atoms with Crippen molar-refractivity contribution in [3.8, 4) is 5.75 Å². The van der Waals surface area contributed by atoms with E-state index in [0.29, 0.717) is 18.8 Å². The third kappa shape index (κ3) is 4.61. The van der Waals surface area contributed by atoms with E-state index in [1.807, 2.05) is 13.8 Å². The minimum absolute atomic E-state index is 0.0164. The first kappa shape index (κ1) is 21.7. The number of hydrazine groups is 1. The molecule has 1 aromatic carbocycles. The summed E-state index contributed by atoms with van der Waals surface area (Å²) in [6, 6.07) is 2.90. The molecule has 28 heavy (non-hydrogen) atoms. The van der Waals surface area contributed by atoms with Crippen LogP contribution in [0.2, 0.25) is 5.02 Å². The number of rotatable bonds is 9. The number of carbonyl (C=O) groups excluding carboxylic acids is 3. The van der Waals surface area contributed by atoms with Crippen LogP contribution in [0.5, 0.6) is 5.75 Å². The number of hydrogen-bond donors (Lipinski definition) is 3. The number of ether oxygens (including phenoxy) is 1. The van der Waals surface area contributed by atoms with E-state index in [1.165, 1.54) is 19.2 Å². The molecule has 1 aliphatic heterocycles. The number of methoxy groups -OCH3 is 1. The minimum Gasteiger partial charge on any atom is -0.496 e. The van der Waals surface area contributed by atoms with E-state index < -0.39 is 11.8 Å². The van der Waals surface area contributed by atoms with Gasteiger partial charge in [-0.05, 0) is 6.07 Å². The van der Waals surface area contributed by atoms with Gasteiger partial charge in [-0.2, -0.15) is 0 Å². The Balaban J connectivity index is 2.26. The lowest BCUT2D eigenvalue weighted by Gasteiger charge is -2.21.